The maximum Gasteiger partial charge on any atom is 0.0324 e. The van der Waals surface area contributed by atoms with Crippen molar-refractivity contribution in [3.63, 3.8) is 0 Å². The van der Waals surface area contributed by atoms with E-state index in [9.17, 15) is 0 Å². The molecular formula is C12H16Br2ClN. The van der Waals surface area contributed by atoms with Crippen molar-refractivity contribution in [3.05, 3.63) is 32.7 Å². The summed E-state index contributed by atoms with van der Waals surface area (Å²) in [7, 11) is 0. The molecule has 1 aliphatic rings. The predicted octanol–water partition coefficient (Wildman–Crippen LogP) is 4.82. The summed E-state index contributed by atoms with van der Waals surface area (Å²) in [4.78, 5) is 0. The Bertz CT molecular complexity index is 331. The summed E-state index contributed by atoms with van der Waals surface area (Å²) in [6.07, 6.45) is 5.25. The van der Waals surface area contributed by atoms with Gasteiger partial charge in [-0.2, -0.15) is 0 Å². The highest BCUT2D eigenvalue weighted by Crippen LogP contribution is 2.35. The quantitative estimate of drug-likeness (QED) is 0.794. The van der Waals surface area contributed by atoms with Crippen LogP contribution in [0.5, 0.6) is 0 Å². The zero-order valence-corrected chi connectivity index (χ0v) is 12.9. The molecule has 1 aromatic carbocycles. The predicted molar refractivity (Wildman–Crippen MR) is 78.0 cm³/mol. The average Bonchev–Trinajstić information content (AvgIpc) is 2.67. The van der Waals surface area contributed by atoms with Gasteiger partial charge in [-0.25, -0.2) is 0 Å². The fourth-order valence-electron chi connectivity index (χ4n) is 2.36. The minimum absolute atomic E-state index is 0. The van der Waals surface area contributed by atoms with E-state index in [0.29, 0.717) is 5.92 Å². The first-order valence-corrected chi connectivity index (χ1v) is 6.97. The van der Waals surface area contributed by atoms with Crippen LogP contribution >= 0.6 is 44.3 Å². The Morgan fingerprint density at radius 2 is 1.56 bits per heavy atom. The Balaban J connectivity index is 0.00000128. The molecular weight excluding hydrogens is 353 g/mol. The highest BCUT2D eigenvalue weighted by molar-refractivity contribution is 9.11. The number of hydrogen-bond acceptors (Lipinski definition) is 1. The van der Waals surface area contributed by atoms with Gasteiger partial charge in [0.05, 0.1) is 0 Å². The van der Waals surface area contributed by atoms with Gasteiger partial charge < -0.3 is 5.73 Å². The summed E-state index contributed by atoms with van der Waals surface area (Å²) in [6.45, 7) is 0. The van der Waals surface area contributed by atoms with E-state index in [4.69, 9.17) is 5.73 Å². The van der Waals surface area contributed by atoms with E-state index in [1.54, 1.807) is 0 Å². The summed E-state index contributed by atoms with van der Waals surface area (Å²) in [5, 5.41) is 0. The molecule has 1 nitrogen and oxygen atoms in total. The molecule has 1 saturated carbocycles. The van der Waals surface area contributed by atoms with Gasteiger partial charge in [-0.3, -0.25) is 0 Å². The van der Waals surface area contributed by atoms with Gasteiger partial charge in [-0.1, -0.05) is 44.7 Å². The average molecular weight is 370 g/mol. The maximum absolute atomic E-state index is 6.30. The topological polar surface area (TPSA) is 26.0 Å². The third-order valence-electron chi connectivity index (χ3n) is 3.18. The van der Waals surface area contributed by atoms with E-state index >= 15 is 0 Å². The van der Waals surface area contributed by atoms with Gasteiger partial charge in [0.15, 0.2) is 0 Å². The van der Waals surface area contributed by atoms with Crippen LogP contribution in [0.4, 0.5) is 0 Å². The molecule has 2 rings (SSSR count). The number of benzene rings is 1. The Kier molecular flexibility index (Phi) is 5.78. The third kappa shape index (κ3) is 3.46. The van der Waals surface area contributed by atoms with Gasteiger partial charge >= 0.3 is 0 Å². The molecule has 0 aliphatic heterocycles. The lowest BCUT2D eigenvalue weighted by Crippen LogP contribution is -2.19. The molecule has 0 amide bonds. The van der Waals surface area contributed by atoms with Crippen LogP contribution < -0.4 is 5.73 Å². The monoisotopic (exact) mass is 367 g/mol. The fourth-order valence-corrected chi connectivity index (χ4v) is 3.69. The van der Waals surface area contributed by atoms with Crippen LogP contribution in [0.3, 0.4) is 0 Å². The molecule has 0 saturated heterocycles. The van der Waals surface area contributed by atoms with E-state index < -0.39 is 0 Å². The summed E-state index contributed by atoms with van der Waals surface area (Å²) in [6, 6.07) is 6.51. The Morgan fingerprint density at radius 3 is 2.06 bits per heavy atom. The fraction of sp³-hybridized carbons (Fsp3) is 0.500. The molecule has 0 aromatic heterocycles. The Hall–Kier alpha value is 0.430. The normalized spacial score (nSPS) is 18.2. The molecule has 1 aromatic rings. The van der Waals surface area contributed by atoms with Crippen LogP contribution in [0.2, 0.25) is 0 Å². The van der Waals surface area contributed by atoms with E-state index in [1.165, 1.54) is 31.2 Å². The molecule has 0 spiro atoms. The van der Waals surface area contributed by atoms with Crippen molar-refractivity contribution in [3.8, 4) is 0 Å². The van der Waals surface area contributed by atoms with Crippen molar-refractivity contribution in [1.82, 2.24) is 0 Å². The highest BCUT2D eigenvalue weighted by atomic mass is 79.9. The lowest BCUT2D eigenvalue weighted by molar-refractivity contribution is 0.444. The largest absolute Gasteiger partial charge is 0.324 e. The zero-order chi connectivity index (χ0) is 10.8. The second-order valence-electron chi connectivity index (χ2n) is 4.27. The standard InChI is InChI=1S/C12H15Br2N.ClH/c13-10-5-9(6-11(14)7-10)12(15)8-3-1-2-4-8;/h5-8,12H,1-4,15H2;1H/t12-;/m1./s1. The van der Waals surface area contributed by atoms with Gasteiger partial charge in [-0.15, -0.1) is 12.4 Å². The molecule has 1 atom stereocenters. The molecule has 16 heavy (non-hydrogen) atoms. The molecule has 0 radical (unpaired) electrons. The first kappa shape index (κ1) is 14.5. The van der Waals surface area contributed by atoms with Crippen molar-refractivity contribution < 1.29 is 0 Å². The molecule has 1 aliphatic carbocycles. The number of halogens is 3. The minimum atomic E-state index is 0. The zero-order valence-electron chi connectivity index (χ0n) is 8.96. The molecule has 4 heteroatoms. The van der Waals surface area contributed by atoms with Crippen molar-refractivity contribution >= 4 is 44.3 Å². The van der Waals surface area contributed by atoms with Gasteiger partial charge in [0, 0.05) is 15.0 Å². The van der Waals surface area contributed by atoms with Crippen LogP contribution in [0.1, 0.15) is 37.3 Å². The summed E-state index contributed by atoms with van der Waals surface area (Å²) < 4.78 is 2.20. The van der Waals surface area contributed by atoms with E-state index in [-0.39, 0.29) is 18.4 Å². The van der Waals surface area contributed by atoms with E-state index in [1.807, 2.05) is 6.07 Å². The number of nitrogens with two attached hydrogens (primary N) is 1. The van der Waals surface area contributed by atoms with Gasteiger partial charge in [-0.05, 0) is 42.5 Å². The lowest BCUT2D eigenvalue weighted by atomic mass is 9.93. The van der Waals surface area contributed by atoms with Crippen molar-refractivity contribution in [2.75, 3.05) is 0 Å². The van der Waals surface area contributed by atoms with Crippen molar-refractivity contribution in [2.24, 2.45) is 11.7 Å². The number of hydrogen-bond donors (Lipinski definition) is 1. The molecule has 0 bridgehead atoms. The van der Waals surface area contributed by atoms with Gasteiger partial charge in [0.25, 0.3) is 0 Å². The van der Waals surface area contributed by atoms with Crippen LogP contribution in [-0.2, 0) is 0 Å². The van der Waals surface area contributed by atoms with Crippen LogP contribution in [0.15, 0.2) is 27.1 Å². The Morgan fingerprint density at radius 1 is 1.06 bits per heavy atom. The van der Waals surface area contributed by atoms with Gasteiger partial charge in [0.2, 0.25) is 0 Å². The third-order valence-corrected chi connectivity index (χ3v) is 4.09. The Labute approximate surface area is 120 Å². The van der Waals surface area contributed by atoms with Crippen LogP contribution in [0.25, 0.3) is 0 Å². The first-order valence-electron chi connectivity index (χ1n) is 5.38. The van der Waals surface area contributed by atoms with Crippen LogP contribution in [-0.4, -0.2) is 0 Å². The van der Waals surface area contributed by atoms with Crippen LogP contribution in [0, 0.1) is 5.92 Å². The highest BCUT2D eigenvalue weighted by Gasteiger charge is 2.23. The minimum Gasteiger partial charge on any atom is -0.324 e. The smallest absolute Gasteiger partial charge is 0.0324 e. The number of rotatable bonds is 2. The molecule has 1 fully saturated rings. The summed E-state index contributed by atoms with van der Waals surface area (Å²) in [5.74, 6) is 0.672. The molecule has 2 N–H and O–H groups in total. The van der Waals surface area contributed by atoms with Gasteiger partial charge in [0.1, 0.15) is 0 Å². The second-order valence-corrected chi connectivity index (χ2v) is 6.10. The molecule has 0 unspecified atom stereocenters. The summed E-state index contributed by atoms with van der Waals surface area (Å²) >= 11 is 7.01. The molecule has 90 valence electrons. The van der Waals surface area contributed by atoms with Crippen molar-refractivity contribution in [1.29, 1.82) is 0 Å². The van der Waals surface area contributed by atoms with E-state index in [0.717, 1.165) is 8.95 Å². The maximum atomic E-state index is 6.30. The molecule has 0 heterocycles. The summed E-state index contributed by atoms with van der Waals surface area (Å²) in [5.41, 5.74) is 7.54. The second kappa shape index (κ2) is 6.39. The van der Waals surface area contributed by atoms with Crippen molar-refractivity contribution in [2.45, 2.75) is 31.7 Å². The first-order chi connectivity index (χ1) is 7.16. The SMILES string of the molecule is Cl.N[C@@H](c1cc(Br)cc(Br)c1)C1CCCC1. The van der Waals surface area contributed by atoms with E-state index in [2.05, 4.69) is 44.0 Å². The lowest BCUT2D eigenvalue weighted by Gasteiger charge is -2.19.